The molecule has 0 saturated heterocycles. The minimum Gasteiger partial charge on any atom is -0.295 e. The summed E-state index contributed by atoms with van der Waals surface area (Å²) in [4.78, 5) is 11.0. The first-order valence-electron chi connectivity index (χ1n) is 4.04. The Kier molecular flexibility index (Phi) is 3.26. The van der Waals surface area contributed by atoms with Crippen LogP contribution >= 0.6 is 11.6 Å². The molecule has 0 heterocycles. The van der Waals surface area contributed by atoms with Gasteiger partial charge >= 0.3 is 0 Å². The fourth-order valence-electron chi connectivity index (χ4n) is 1.06. The van der Waals surface area contributed by atoms with Crippen molar-refractivity contribution in [3.05, 3.63) is 47.0 Å². The Hall–Kier alpha value is -1.08. The van der Waals surface area contributed by atoms with Crippen LogP contribution in [0.2, 0.25) is 5.02 Å². The number of rotatable bonds is 3. The van der Waals surface area contributed by atoms with E-state index in [0.29, 0.717) is 11.4 Å². The molecule has 0 atom stereocenters. The van der Waals surface area contributed by atoms with Gasteiger partial charge in [0.15, 0.2) is 5.78 Å². The summed E-state index contributed by atoms with van der Waals surface area (Å²) in [6.07, 6.45) is 1.65. The highest BCUT2D eigenvalue weighted by molar-refractivity contribution is 6.31. The highest BCUT2D eigenvalue weighted by atomic mass is 35.5. The van der Waals surface area contributed by atoms with Crippen molar-refractivity contribution in [2.24, 2.45) is 0 Å². The maximum absolute atomic E-state index is 11.0. The van der Waals surface area contributed by atoms with Gasteiger partial charge in [0.1, 0.15) is 0 Å². The zero-order valence-electron chi connectivity index (χ0n) is 7.51. The van der Waals surface area contributed by atoms with E-state index in [1.54, 1.807) is 0 Å². The summed E-state index contributed by atoms with van der Waals surface area (Å²) in [5.74, 6) is -0.00856. The van der Waals surface area contributed by atoms with Gasteiger partial charge in [-0.3, -0.25) is 4.79 Å². The topological polar surface area (TPSA) is 17.1 Å². The summed E-state index contributed by atoms with van der Waals surface area (Å²) >= 11 is 5.94. The molecule has 0 aliphatic carbocycles. The number of hydrogen-bond acceptors (Lipinski definition) is 1. The second-order valence-electron chi connectivity index (χ2n) is 2.94. The summed E-state index contributed by atoms with van der Waals surface area (Å²) < 4.78 is 0. The van der Waals surface area contributed by atoms with Gasteiger partial charge in [0.2, 0.25) is 0 Å². The van der Waals surface area contributed by atoms with E-state index in [2.05, 4.69) is 6.58 Å². The number of ketones is 1. The van der Waals surface area contributed by atoms with Crippen molar-refractivity contribution in [2.45, 2.75) is 13.3 Å². The van der Waals surface area contributed by atoms with Crippen LogP contribution in [0.5, 0.6) is 0 Å². The fourth-order valence-corrected chi connectivity index (χ4v) is 1.36. The molecule has 1 aromatic carbocycles. The van der Waals surface area contributed by atoms with Gasteiger partial charge in [-0.2, -0.15) is 0 Å². The Morgan fingerprint density at radius 2 is 2.31 bits per heavy atom. The van der Waals surface area contributed by atoms with Crippen molar-refractivity contribution in [2.75, 3.05) is 0 Å². The zero-order valence-corrected chi connectivity index (χ0v) is 8.27. The van der Waals surface area contributed by atoms with Gasteiger partial charge in [-0.15, -0.1) is 0 Å². The molecule has 1 aromatic rings. The smallest absolute Gasteiger partial charge is 0.159 e. The monoisotopic (exact) mass is 194 g/mol. The van der Waals surface area contributed by atoms with Gasteiger partial charge in [-0.25, -0.2) is 0 Å². The average molecular weight is 195 g/mol. The molecular formula is C11H11ClO. The second kappa shape index (κ2) is 4.24. The van der Waals surface area contributed by atoms with Crippen LogP contribution in [-0.4, -0.2) is 5.78 Å². The lowest BCUT2D eigenvalue weighted by Crippen LogP contribution is -1.98. The fraction of sp³-hybridized carbons (Fsp3) is 0.182. The van der Waals surface area contributed by atoms with Crippen molar-refractivity contribution in [3.63, 3.8) is 0 Å². The summed E-state index contributed by atoms with van der Waals surface area (Å²) in [7, 11) is 0. The van der Waals surface area contributed by atoms with Gasteiger partial charge in [-0.05, 0) is 30.2 Å². The van der Waals surface area contributed by atoms with Crippen LogP contribution in [0, 0.1) is 6.92 Å². The molecule has 2 heteroatoms. The molecule has 1 rings (SSSR count). The zero-order chi connectivity index (χ0) is 9.84. The highest BCUT2D eigenvalue weighted by Gasteiger charge is 2.03. The normalized spacial score (nSPS) is 9.69. The van der Waals surface area contributed by atoms with Crippen molar-refractivity contribution in [3.8, 4) is 0 Å². The lowest BCUT2D eigenvalue weighted by atomic mass is 10.1. The molecule has 0 bridgehead atoms. The van der Waals surface area contributed by atoms with Crippen molar-refractivity contribution >= 4 is 17.4 Å². The first-order valence-corrected chi connectivity index (χ1v) is 4.41. The molecule has 0 saturated carbocycles. The molecule has 1 nitrogen and oxygen atoms in total. The largest absolute Gasteiger partial charge is 0.295 e. The molecule has 0 aliphatic heterocycles. The molecule has 0 radical (unpaired) electrons. The van der Waals surface area contributed by atoms with Crippen LogP contribution in [0.4, 0.5) is 0 Å². The Morgan fingerprint density at radius 1 is 1.62 bits per heavy atom. The predicted octanol–water partition coefficient (Wildman–Crippen LogP) is 2.95. The van der Waals surface area contributed by atoms with E-state index >= 15 is 0 Å². The minimum atomic E-state index is -0.00856. The van der Waals surface area contributed by atoms with Gasteiger partial charge in [-0.1, -0.05) is 30.3 Å². The number of allylic oxidation sites excluding steroid dienone is 1. The van der Waals surface area contributed by atoms with Crippen LogP contribution in [0.15, 0.2) is 30.9 Å². The van der Waals surface area contributed by atoms with Crippen molar-refractivity contribution < 1.29 is 4.79 Å². The standard InChI is InChI=1S/C11H11ClO/c1-3-10(13)7-9-5-4-8(2)6-11(9)12/h3-6H,1,7H2,2H3. The predicted molar refractivity (Wildman–Crippen MR) is 55.1 cm³/mol. The molecule has 13 heavy (non-hydrogen) atoms. The third-order valence-corrected chi connectivity index (χ3v) is 2.15. The number of hydrogen-bond donors (Lipinski definition) is 0. The third kappa shape index (κ3) is 2.71. The number of aryl methyl sites for hydroxylation is 1. The summed E-state index contributed by atoms with van der Waals surface area (Å²) in [5, 5.41) is 0.648. The summed E-state index contributed by atoms with van der Waals surface area (Å²) in [6.45, 7) is 5.37. The summed E-state index contributed by atoms with van der Waals surface area (Å²) in [5.41, 5.74) is 1.96. The Labute approximate surface area is 83.0 Å². The number of carbonyl (C=O) groups is 1. The lowest BCUT2D eigenvalue weighted by molar-refractivity contribution is -0.114. The van der Waals surface area contributed by atoms with Crippen LogP contribution in [0.1, 0.15) is 11.1 Å². The molecule has 68 valence electrons. The highest BCUT2D eigenvalue weighted by Crippen LogP contribution is 2.18. The Morgan fingerprint density at radius 3 is 2.85 bits per heavy atom. The molecule has 0 fully saturated rings. The summed E-state index contributed by atoms with van der Waals surface area (Å²) in [6, 6.07) is 5.67. The Bertz CT molecular complexity index is 342. The molecular weight excluding hydrogens is 184 g/mol. The molecule has 0 aliphatic rings. The number of carbonyl (C=O) groups excluding carboxylic acids is 1. The molecule has 0 amide bonds. The quantitative estimate of drug-likeness (QED) is 0.677. The minimum absolute atomic E-state index is 0.00856. The molecule has 0 aromatic heterocycles. The Balaban J connectivity index is 2.89. The van der Waals surface area contributed by atoms with Crippen molar-refractivity contribution in [1.29, 1.82) is 0 Å². The van der Waals surface area contributed by atoms with E-state index in [9.17, 15) is 4.79 Å². The maximum atomic E-state index is 11.0. The molecule has 0 spiro atoms. The van der Waals surface area contributed by atoms with Gasteiger partial charge in [0, 0.05) is 11.4 Å². The van der Waals surface area contributed by atoms with E-state index in [-0.39, 0.29) is 5.78 Å². The van der Waals surface area contributed by atoms with Crippen LogP contribution in [0.3, 0.4) is 0 Å². The maximum Gasteiger partial charge on any atom is 0.159 e. The number of benzene rings is 1. The van der Waals surface area contributed by atoms with Gasteiger partial charge in [0.05, 0.1) is 0 Å². The third-order valence-electron chi connectivity index (χ3n) is 1.80. The van der Waals surface area contributed by atoms with Crippen LogP contribution in [-0.2, 0) is 11.2 Å². The van der Waals surface area contributed by atoms with Gasteiger partial charge < -0.3 is 0 Å². The van der Waals surface area contributed by atoms with E-state index in [1.165, 1.54) is 6.08 Å². The number of halogens is 1. The van der Waals surface area contributed by atoms with Crippen LogP contribution < -0.4 is 0 Å². The van der Waals surface area contributed by atoms with E-state index in [1.807, 2.05) is 25.1 Å². The molecule has 0 N–H and O–H groups in total. The first-order chi connectivity index (χ1) is 6.13. The van der Waals surface area contributed by atoms with Crippen molar-refractivity contribution in [1.82, 2.24) is 0 Å². The van der Waals surface area contributed by atoms with Gasteiger partial charge in [0.25, 0.3) is 0 Å². The lowest BCUT2D eigenvalue weighted by Gasteiger charge is -2.02. The SMILES string of the molecule is C=CC(=O)Cc1ccc(C)cc1Cl. The molecule has 0 unspecified atom stereocenters. The van der Waals surface area contributed by atoms with E-state index < -0.39 is 0 Å². The first kappa shape index (κ1) is 10.0. The van der Waals surface area contributed by atoms with E-state index in [4.69, 9.17) is 11.6 Å². The second-order valence-corrected chi connectivity index (χ2v) is 3.35. The average Bonchev–Trinajstić information content (AvgIpc) is 2.09. The van der Waals surface area contributed by atoms with Crippen LogP contribution in [0.25, 0.3) is 0 Å². The van der Waals surface area contributed by atoms with E-state index in [0.717, 1.165) is 11.1 Å².